The molecule has 2 saturated heterocycles. The minimum atomic E-state index is -3.07. The summed E-state index contributed by atoms with van der Waals surface area (Å²) in [4.78, 5) is 26.0. The Hall–Kier alpha value is -2.40. The van der Waals surface area contributed by atoms with E-state index < -0.39 is 15.8 Å². The first-order chi connectivity index (χ1) is 11.4. The van der Waals surface area contributed by atoms with Gasteiger partial charge in [-0.3, -0.25) is 9.59 Å². The molecule has 2 aliphatic rings. The van der Waals surface area contributed by atoms with Gasteiger partial charge in [-0.25, -0.2) is 8.42 Å². The van der Waals surface area contributed by atoms with Crippen LogP contribution in [0.1, 0.15) is 18.4 Å². The number of hydrogen-bond donors (Lipinski definition) is 1. The number of amides is 2. The Morgan fingerprint density at radius 3 is 2.75 bits per heavy atom. The first kappa shape index (κ1) is 16.5. The number of rotatable bonds is 3. The number of carbonyl (C=O) groups is 2. The van der Waals surface area contributed by atoms with Gasteiger partial charge >= 0.3 is 0 Å². The Morgan fingerprint density at radius 2 is 2.08 bits per heavy atom. The van der Waals surface area contributed by atoms with Crippen molar-refractivity contribution in [2.24, 2.45) is 5.92 Å². The first-order valence-corrected chi connectivity index (χ1v) is 9.52. The molecule has 0 aromatic heterocycles. The zero-order valence-corrected chi connectivity index (χ0v) is 13.8. The average Bonchev–Trinajstić information content (AvgIpc) is 3.09. The molecule has 2 unspecified atom stereocenters. The van der Waals surface area contributed by atoms with Crippen molar-refractivity contribution in [3.8, 4) is 6.07 Å². The number of benzene rings is 1. The predicted molar refractivity (Wildman–Crippen MR) is 86.8 cm³/mol. The molecule has 7 nitrogen and oxygen atoms in total. The topological polar surface area (TPSA) is 107 Å². The summed E-state index contributed by atoms with van der Waals surface area (Å²) in [5, 5.41) is 11.9. The molecule has 2 amide bonds. The fourth-order valence-corrected chi connectivity index (χ4v) is 4.82. The number of nitrogens with zero attached hydrogens (tertiary/aromatic N) is 2. The number of para-hydroxylation sites is 1. The van der Waals surface area contributed by atoms with E-state index in [0.29, 0.717) is 17.7 Å². The van der Waals surface area contributed by atoms with Crippen molar-refractivity contribution in [2.75, 3.05) is 23.0 Å². The maximum Gasteiger partial charge on any atom is 0.227 e. The fraction of sp³-hybridized carbons (Fsp3) is 0.438. The lowest BCUT2D eigenvalue weighted by Crippen LogP contribution is -2.40. The van der Waals surface area contributed by atoms with Crippen LogP contribution in [0.4, 0.5) is 5.69 Å². The van der Waals surface area contributed by atoms with Gasteiger partial charge in [0.2, 0.25) is 11.8 Å². The van der Waals surface area contributed by atoms with E-state index in [2.05, 4.69) is 5.32 Å². The lowest BCUT2D eigenvalue weighted by molar-refractivity contribution is -0.126. The molecular weight excluding hydrogens is 330 g/mol. The van der Waals surface area contributed by atoms with E-state index in [0.717, 1.165) is 0 Å². The standard InChI is InChI=1S/C16H17N3O4S/c17-8-11-3-1-2-4-14(11)19-9-12(7-15(19)20)16(21)18-13-5-6-24(22,23)10-13/h1-4,12-13H,5-7,9-10H2,(H,18,21). The van der Waals surface area contributed by atoms with Crippen LogP contribution in [0.2, 0.25) is 0 Å². The number of anilines is 1. The van der Waals surface area contributed by atoms with Gasteiger partial charge in [0, 0.05) is 19.0 Å². The Balaban J connectivity index is 1.69. The highest BCUT2D eigenvalue weighted by Gasteiger charge is 2.38. The molecule has 2 atom stereocenters. The third kappa shape index (κ3) is 3.26. The van der Waals surface area contributed by atoms with E-state index >= 15 is 0 Å². The molecule has 0 bridgehead atoms. The van der Waals surface area contributed by atoms with Crippen molar-refractivity contribution in [1.29, 1.82) is 5.26 Å². The second kappa shape index (κ2) is 6.24. The number of nitriles is 1. The Labute approximate surface area is 140 Å². The van der Waals surface area contributed by atoms with Crippen LogP contribution in [-0.2, 0) is 19.4 Å². The van der Waals surface area contributed by atoms with E-state index in [9.17, 15) is 18.0 Å². The van der Waals surface area contributed by atoms with Crippen LogP contribution in [0.5, 0.6) is 0 Å². The van der Waals surface area contributed by atoms with Gasteiger partial charge in [-0.05, 0) is 18.6 Å². The molecule has 0 saturated carbocycles. The largest absolute Gasteiger partial charge is 0.352 e. The highest BCUT2D eigenvalue weighted by Crippen LogP contribution is 2.28. The molecule has 2 fully saturated rings. The molecular formula is C16H17N3O4S. The van der Waals surface area contributed by atoms with Crippen molar-refractivity contribution in [3.05, 3.63) is 29.8 Å². The Kier molecular flexibility index (Phi) is 4.28. The summed E-state index contributed by atoms with van der Waals surface area (Å²) >= 11 is 0. The van der Waals surface area contributed by atoms with E-state index in [1.807, 2.05) is 6.07 Å². The second-order valence-electron chi connectivity index (χ2n) is 6.14. The van der Waals surface area contributed by atoms with Crippen LogP contribution in [0, 0.1) is 17.2 Å². The van der Waals surface area contributed by atoms with Gasteiger partial charge in [-0.2, -0.15) is 5.26 Å². The molecule has 1 aromatic carbocycles. The van der Waals surface area contributed by atoms with Crippen LogP contribution in [0.15, 0.2) is 24.3 Å². The minimum Gasteiger partial charge on any atom is -0.352 e. The zero-order valence-electron chi connectivity index (χ0n) is 12.9. The van der Waals surface area contributed by atoms with Gasteiger partial charge < -0.3 is 10.2 Å². The maximum atomic E-state index is 12.3. The molecule has 0 spiro atoms. The van der Waals surface area contributed by atoms with Crippen molar-refractivity contribution >= 4 is 27.3 Å². The molecule has 24 heavy (non-hydrogen) atoms. The highest BCUT2D eigenvalue weighted by molar-refractivity contribution is 7.91. The first-order valence-electron chi connectivity index (χ1n) is 7.70. The van der Waals surface area contributed by atoms with Gasteiger partial charge in [0.1, 0.15) is 6.07 Å². The molecule has 1 N–H and O–H groups in total. The Bertz CT molecular complexity index is 828. The molecule has 2 heterocycles. The van der Waals surface area contributed by atoms with Crippen molar-refractivity contribution < 1.29 is 18.0 Å². The molecule has 8 heteroatoms. The van der Waals surface area contributed by atoms with E-state index in [4.69, 9.17) is 5.26 Å². The second-order valence-corrected chi connectivity index (χ2v) is 8.37. The third-order valence-electron chi connectivity index (χ3n) is 4.39. The van der Waals surface area contributed by atoms with Gasteiger partial charge in [0.25, 0.3) is 0 Å². The van der Waals surface area contributed by atoms with E-state index in [1.165, 1.54) is 4.90 Å². The summed E-state index contributed by atoms with van der Waals surface area (Å²) in [5.41, 5.74) is 0.887. The predicted octanol–water partition coefficient (Wildman–Crippen LogP) is 0.214. The number of hydrogen-bond acceptors (Lipinski definition) is 5. The SMILES string of the molecule is N#Cc1ccccc1N1CC(C(=O)NC2CCS(=O)(=O)C2)CC1=O. The highest BCUT2D eigenvalue weighted by atomic mass is 32.2. The Morgan fingerprint density at radius 1 is 1.33 bits per heavy atom. The average molecular weight is 347 g/mol. The zero-order chi connectivity index (χ0) is 17.3. The molecule has 3 rings (SSSR count). The monoisotopic (exact) mass is 347 g/mol. The lowest BCUT2D eigenvalue weighted by Gasteiger charge is -2.18. The molecule has 2 aliphatic heterocycles. The van der Waals surface area contributed by atoms with Crippen molar-refractivity contribution in [2.45, 2.75) is 18.9 Å². The summed E-state index contributed by atoms with van der Waals surface area (Å²) in [5.74, 6) is -1.00. The van der Waals surface area contributed by atoms with Crippen LogP contribution < -0.4 is 10.2 Å². The number of nitrogens with one attached hydrogen (secondary N) is 1. The van der Waals surface area contributed by atoms with Gasteiger partial charge in [0.05, 0.1) is 28.7 Å². The quantitative estimate of drug-likeness (QED) is 0.841. The minimum absolute atomic E-state index is 0.0413. The smallest absolute Gasteiger partial charge is 0.227 e. The lowest BCUT2D eigenvalue weighted by atomic mass is 10.1. The van der Waals surface area contributed by atoms with Crippen LogP contribution in [-0.4, -0.2) is 44.3 Å². The van der Waals surface area contributed by atoms with Gasteiger partial charge in [-0.1, -0.05) is 12.1 Å². The third-order valence-corrected chi connectivity index (χ3v) is 6.16. The van der Waals surface area contributed by atoms with Gasteiger partial charge in [0.15, 0.2) is 9.84 Å². The molecule has 0 radical (unpaired) electrons. The van der Waals surface area contributed by atoms with E-state index in [1.54, 1.807) is 24.3 Å². The summed E-state index contributed by atoms with van der Waals surface area (Å²) in [7, 11) is -3.07. The summed E-state index contributed by atoms with van der Waals surface area (Å²) in [6.07, 6.45) is 0.473. The molecule has 1 aromatic rings. The summed E-state index contributed by atoms with van der Waals surface area (Å²) in [6.45, 7) is 0.197. The van der Waals surface area contributed by atoms with Crippen molar-refractivity contribution in [3.63, 3.8) is 0 Å². The van der Waals surface area contributed by atoms with Crippen LogP contribution in [0.25, 0.3) is 0 Å². The fourth-order valence-electron chi connectivity index (χ4n) is 3.15. The number of sulfone groups is 1. The van der Waals surface area contributed by atoms with Gasteiger partial charge in [-0.15, -0.1) is 0 Å². The summed E-state index contributed by atoms with van der Waals surface area (Å²) < 4.78 is 22.9. The van der Waals surface area contributed by atoms with Crippen molar-refractivity contribution in [1.82, 2.24) is 5.32 Å². The van der Waals surface area contributed by atoms with E-state index in [-0.39, 0.29) is 42.3 Å². The molecule has 126 valence electrons. The number of carbonyl (C=O) groups excluding carboxylic acids is 2. The normalized spacial score (nSPS) is 25.5. The maximum absolute atomic E-state index is 12.3. The summed E-state index contributed by atoms with van der Waals surface area (Å²) in [6, 6.07) is 8.42. The van der Waals surface area contributed by atoms with Crippen LogP contribution >= 0.6 is 0 Å². The molecule has 0 aliphatic carbocycles. The van der Waals surface area contributed by atoms with Crippen LogP contribution in [0.3, 0.4) is 0 Å².